The van der Waals surface area contributed by atoms with Crippen LogP contribution in [0.4, 0.5) is 0 Å². The third-order valence-electron chi connectivity index (χ3n) is 18.1. The molecule has 622 valence electrons. The maximum absolute atomic E-state index is 12.0. The Morgan fingerprint density at radius 1 is 0.265 bits per heavy atom. The van der Waals surface area contributed by atoms with E-state index in [4.69, 9.17) is 36.6 Å². The van der Waals surface area contributed by atoms with Gasteiger partial charge in [0.2, 0.25) is 23.6 Å². The molecular weight excluding hydrogens is 1460 g/mol. The molecule has 0 bridgehead atoms. The van der Waals surface area contributed by atoms with Gasteiger partial charge >= 0.3 is 0 Å². The highest BCUT2D eigenvalue weighted by Crippen LogP contribution is 2.28. The molecule has 0 amide bonds. The fourth-order valence-corrected chi connectivity index (χ4v) is 11.6. The molecule has 0 atom stereocenters. The van der Waals surface area contributed by atoms with Crippen molar-refractivity contribution in [2.75, 3.05) is 26.4 Å². The van der Waals surface area contributed by atoms with Crippen LogP contribution in [0, 0.1) is 48.5 Å². The number of carbonyl (C=O) groups excluding carboxylic acids is 4. The third-order valence-corrected chi connectivity index (χ3v) is 18.1. The maximum Gasteiger partial charge on any atom is 0.226 e. The average Bonchev–Trinajstić information content (AvgIpc) is 1.72. The van der Waals surface area contributed by atoms with E-state index in [2.05, 4.69) is 87.5 Å². The SMILES string of the molecule is CC.CC.CC.CC.CCc1ccc(-c2nc(COCC(=O)CCCc3ccccc3)c(C)o2)cc1.Cc1ccc(-c2nc(COCC(=O)CCCc3ccccc3)c(C)o2)cc1.Cc1ccc(-c2nc(COCC(=O)CCCc3ccccc3)c(C)o2)cc1.Cc1ccc(-c2nc(COCC(=O)CCCc3ccccc3)c(C)o2)cc1. The average molecular weight is 1590 g/mol. The molecule has 16 heteroatoms. The highest BCUT2D eigenvalue weighted by molar-refractivity contribution is 5.81. The lowest BCUT2D eigenvalue weighted by molar-refractivity contribution is -0.124. The van der Waals surface area contributed by atoms with Gasteiger partial charge in [0, 0.05) is 47.9 Å². The van der Waals surface area contributed by atoms with E-state index in [0.717, 1.165) is 126 Å². The highest BCUT2D eigenvalue weighted by atomic mass is 16.5. The monoisotopic (exact) mass is 1590 g/mol. The molecule has 0 saturated heterocycles. The summed E-state index contributed by atoms with van der Waals surface area (Å²) in [5.41, 5.74) is 16.6. The molecule has 0 N–H and O–H groups in total. The summed E-state index contributed by atoms with van der Waals surface area (Å²) in [6, 6.07) is 73.1. The van der Waals surface area contributed by atoms with Gasteiger partial charge in [-0.2, -0.15) is 0 Å². The summed E-state index contributed by atoms with van der Waals surface area (Å²) in [6.45, 7) is 33.3. The van der Waals surface area contributed by atoms with Crippen molar-refractivity contribution >= 4 is 23.1 Å². The van der Waals surface area contributed by atoms with E-state index in [1.54, 1.807) is 0 Å². The lowest BCUT2D eigenvalue weighted by atomic mass is 10.1. The molecule has 0 unspecified atom stereocenters. The van der Waals surface area contributed by atoms with Crippen molar-refractivity contribution in [1.82, 2.24) is 19.9 Å². The van der Waals surface area contributed by atoms with Crippen molar-refractivity contribution in [3.05, 3.63) is 309 Å². The number of Topliss-reactive ketones (excluding diaryl/α,β-unsaturated/α-hetero) is 4. The summed E-state index contributed by atoms with van der Waals surface area (Å²) in [5, 5.41) is 0. The number of benzene rings is 8. The fraction of sp³-hybridized carbons (Fsp3) is 0.366. The van der Waals surface area contributed by atoms with E-state index < -0.39 is 0 Å². The molecule has 0 radical (unpaired) electrons. The van der Waals surface area contributed by atoms with Crippen LogP contribution in [0.1, 0.15) is 204 Å². The van der Waals surface area contributed by atoms with Crippen molar-refractivity contribution in [3.63, 3.8) is 0 Å². The Kier molecular flexibility index (Phi) is 46.6. The summed E-state index contributed by atoms with van der Waals surface area (Å²) in [5.74, 6) is 5.71. The first-order valence-corrected chi connectivity index (χ1v) is 41.7. The van der Waals surface area contributed by atoms with E-state index in [-0.39, 0.29) is 76.0 Å². The molecule has 16 nitrogen and oxygen atoms in total. The molecule has 12 aromatic rings. The maximum atomic E-state index is 12.0. The second-order valence-electron chi connectivity index (χ2n) is 27.2. The lowest BCUT2D eigenvalue weighted by Gasteiger charge is -2.03. The van der Waals surface area contributed by atoms with Crippen LogP contribution in [-0.4, -0.2) is 69.5 Å². The quantitative estimate of drug-likeness (QED) is 0.0354. The van der Waals surface area contributed by atoms with Crippen LogP contribution in [0.2, 0.25) is 0 Å². The summed E-state index contributed by atoms with van der Waals surface area (Å²) in [6.07, 6.45) is 10.1. The highest BCUT2D eigenvalue weighted by Gasteiger charge is 2.18. The Morgan fingerprint density at radius 3 is 0.658 bits per heavy atom. The van der Waals surface area contributed by atoms with Crippen LogP contribution in [0.25, 0.3) is 45.8 Å². The van der Waals surface area contributed by atoms with Crippen LogP contribution in [0.3, 0.4) is 0 Å². The zero-order valence-electron chi connectivity index (χ0n) is 72.3. The second kappa shape index (κ2) is 56.4. The van der Waals surface area contributed by atoms with E-state index in [0.29, 0.717) is 49.2 Å². The molecule has 0 aliphatic rings. The standard InChI is InChI=1S/C24H27NO3.3C23H25NO3.4C2H6/c1-3-19-12-14-21(15-13-19)24-25-23(18(2)28-24)17-27-16-22(26)11-7-10-20-8-5-4-6-9-20;3*1-17-11-13-20(14-12-17)23-24-22(18(2)27-23)16-26-15-21(25)10-6-9-19-7-4-3-5-8-19;4*1-2/h4-6,8-9,12-15H,3,7,10-11,16-17H2,1-2H3;3*3-5,7-8,11-14H,6,9-10,15-16H2,1-2H3;4*1-2H3. The zero-order valence-corrected chi connectivity index (χ0v) is 72.3. The van der Waals surface area contributed by atoms with Crippen molar-refractivity contribution in [2.24, 2.45) is 0 Å². The molecule has 0 saturated carbocycles. The van der Waals surface area contributed by atoms with Crippen molar-refractivity contribution in [2.45, 2.75) is 221 Å². The number of hydrogen-bond donors (Lipinski definition) is 0. The summed E-state index contributed by atoms with van der Waals surface area (Å²) in [7, 11) is 0. The number of carbonyl (C=O) groups is 4. The normalized spacial score (nSPS) is 10.4. The van der Waals surface area contributed by atoms with Gasteiger partial charge in [0.1, 0.15) is 72.2 Å². The number of nitrogens with zero attached hydrogens (tertiary/aromatic N) is 4. The Bertz CT molecular complexity index is 4330. The number of ether oxygens (including phenoxy) is 4. The predicted octanol–water partition coefficient (Wildman–Crippen LogP) is 24.6. The van der Waals surface area contributed by atoms with Crippen LogP contribution in [0.5, 0.6) is 0 Å². The van der Waals surface area contributed by atoms with Crippen LogP contribution < -0.4 is 0 Å². The number of hydrogen-bond acceptors (Lipinski definition) is 16. The molecule has 8 aromatic carbocycles. The fourth-order valence-electron chi connectivity index (χ4n) is 11.6. The molecule has 12 rings (SSSR count). The van der Waals surface area contributed by atoms with Crippen LogP contribution >= 0.6 is 0 Å². The number of aromatic nitrogens is 4. The first-order chi connectivity index (χ1) is 57.0. The molecule has 4 heterocycles. The van der Waals surface area contributed by atoms with Crippen molar-refractivity contribution in [1.29, 1.82) is 0 Å². The molecule has 0 aliphatic heterocycles. The second-order valence-corrected chi connectivity index (χ2v) is 27.2. The number of rotatable bonds is 37. The lowest BCUT2D eigenvalue weighted by Crippen LogP contribution is -2.09. The van der Waals surface area contributed by atoms with Gasteiger partial charge < -0.3 is 36.6 Å². The summed E-state index contributed by atoms with van der Waals surface area (Å²) < 4.78 is 45.2. The first kappa shape index (κ1) is 96.7. The minimum Gasteiger partial charge on any atom is -0.441 e. The van der Waals surface area contributed by atoms with E-state index >= 15 is 0 Å². The topological polar surface area (TPSA) is 209 Å². The molecule has 0 aliphatic carbocycles. The molecule has 0 fully saturated rings. The molecule has 117 heavy (non-hydrogen) atoms. The van der Waals surface area contributed by atoms with Gasteiger partial charge in [-0.3, -0.25) is 19.2 Å². The Balaban J connectivity index is 0.000000270. The van der Waals surface area contributed by atoms with Gasteiger partial charge in [0.25, 0.3) is 0 Å². The zero-order chi connectivity index (χ0) is 85.0. The molecule has 0 spiro atoms. The number of oxazole rings is 4. The summed E-state index contributed by atoms with van der Waals surface area (Å²) >= 11 is 0. The largest absolute Gasteiger partial charge is 0.441 e. The minimum atomic E-state index is 0.112. The summed E-state index contributed by atoms with van der Waals surface area (Å²) in [4.78, 5) is 66.1. The van der Waals surface area contributed by atoms with Crippen molar-refractivity contribution < 1.29 is 55.8 Å². The Morgan fingerprint density at radius 2 is 0.462 bits per heavy atom. The van der Waals surface area contributed by atoms with Gasteiger partial charge in [-0.25, -0.2) is 19.9 Å². The van der Waals surface area contributed by atoms with Gasteiger partial charge in [0.05, 0.1) is 26.4 Å². The van der Waals surface area contributed by atoms with E-state index in [1.807, 2.05) is 262 Å². The van der Waals surface area contributed by atoms with E-state index in [1.165, 1.54) is 44.5 Å². The smallest absolute Gasteiger partial charge is 0.226 e. The van der Waals surface area contributed by atoms with Gasteiger partial charge in [-0.15, -0.1) is 0 Å². The van der Waals surface area contributed by atoms with Crippen LogP contribution in [0.15, 0.2) is 236 Å². The Hall–Kier alpha value is -10.9. The van der Waals surface area contributed by atoms with E-state index in [9.17, 15) is 19.2 Å². The minimum absolute atomic E-state index is 0.112. The predicted molar refractivity (Wildman–Crippen MR) is 472 cm³/mol. The number of aryl methyl sites for hydroxylation is 12. The van der Waals surface area contributed by atoms with Gasteiger partial charge in [0.15, 0.2) is 23.1 Å². The molecular formula is C101H126N4O12. The third kappa shape index (κ3) is 36.5. The number of ketones is 4. The Labute approximate surface area is 696 Å². The van der Waals surface area contributed by atoms with Gasteiger partial charge in [-0.1, -0.05) is 249 Å². The van der Waals surface area contributed by atoms with Gasteiger partial charge in [-0.05, 0) is 183 Å². The van der Waals surface area contributed by atoms with Crippen molar-refractivity contribution in [3.8, 4) is 45.8 Å². The van der Waals surface area contributed by atoms with Crippen LogP contribution in [-0.2, 0) is 96.7 Å². The first-order valence-electron chi connectivity index (χ1n) is 41.7. The molecule has 4 aromatic heterocycles.